The number of thioether (sulfide) groups is 1. The van der Waals surface area contributed by atoms with Crippen molar-refractivity contribution in [3.05, 3.63) is 0 Å². The van der Waals surface area contributed by atoms with Crippen LogP contribution in [0.3, 0.4) is 0 Å². The minimum atomic E-state index is 0.0266. The van der Waals surface area contributed by atoms with Gasteiger partial charge in [0.2, 0.25) is 5.91 Å². The zero-order chi connectivity index (χ0) is 13.0. The van der Waals surface area contributed by atoms with Crippen LogP contribution in [0.4, 0.5) is 0 Å². The number of hydrogen-bond acceptors (Lipinski definition) is 3. The molecule has 1 aliphatic carbocycles. The quantitative estimate of drug-likeness (QED) is 0.823. The molecule has 0 spiro atoms. The molecule has 1 saturated heterocycles. The molecule has 96 valence electrons. The van der Waals surface area contributed by atoms with Crippen molar-refractivity contribution in [1.29, 1.82) is 0 Å². The highest BCUT2D eigenvalue weighted by atomic mass is 32.2. The van der Waals surface area contributed by atoms with Crippen molar-refractivity contribution in [3.8, 4) is 0 Å². The smallest absolute Gasteiger partial charge is 0.239 e. The van der Waals surface area contributed by atoms with Crippen LogP contribution in [0, 0.1) is 16.7 Å². The molecule has 1 N–H and O–H groups in total. The number of rotatable bonds is 2. The molecule has 1 atom stereocenters. The van der Waals surface area contributed by atoms with Crippen LogP contribution in [0.5, 0.6) is 0 Å². The van der Waals surface area contributed by atoms with Gasteiger partial charge in [0.25, 0.3) is 0 Å². The van der Waals surface area contributed by atoms with Crippen molar-refractivity contribution in [1.82, 2.24) is 5.32 Å². The maximum absolute atomic E-state index is 11.7. The minimum absolute atomic E-state index is 0.0266. The Balaban J connectivity index is 2.10. The van der Waals surface area contributed by atoms with Gasteiger partial charge in [0, 0.05) is 0 Å². The summed E-state index contributed by atoms with van der Waals surface area (Å²) in [5.74, 6) is 0.466. The first kappa shape index (κ1) is 12.9. The van der Waals surface area contributed by atoms with Gasteiger partial charge < -0.3 is 5.32 Å². The summed E-state index contributed by atoms with van der Waals surface area (Å²) in [5, 5.41) is 3.75. The van der Waals surface area contributed by atoms with E-state index in [1.165, 1.54) is 0 Å². The predicted octanol–water partition coefficient (Wildman–Crippen LogP) is 2.66. The summed E-state index contributed by atoms with van der Waals surface area (Å²) in [6.07, 6.45) is 0. The Morgan fingerprint density at radius 1 is 1.24 bits per heavy atom. The highest BCUT2D eigenvalue weighted by molar-refractivity contribution is 8.15. The molecule has 4 heteroatoms. The summed E-state index contributed by atoms with van der Waals surface area (Å²) in [4.78, 5) is 16.5. The lowest BCUT2D eigenvalue weighted by molar-refractivity contribution is -0.119. The van der Waals surface area contributed by atoms with Crippen LogP contribution in [-0.2, 0) is 4.79 Å². The first-order valence-corrected chi connectivity index (χ1v) is 7.11. The van der Waals surface area contributed by atoms with Gasteiger partial charge in [-0.3, -0.25) is 9.79 Å². The van der Waals surface area contributed by atoms with Gasteiger partial charge in [-0.1, -0.05) is 53.3 Å². The summed E-state index contributed by atoms with van der Waals surface area (Å²) in [6.45, 7) is 13.1. The zero-order valence-corrected chi connectivity index (χ0v) is 12.3. The van der Waals surface area contributed by atoms with Crippen molar-refractivity contribution in [3.63, 3.8) is 0 Å². The molecule has 0 aromatic heterocycles. The molecule has 2 aliphatic rings. The maximum atomic E-state index is 11.7. The van der Waals surface area contributed by atoms with E-state index in [0.29, 0.717) is 12.0 Å². The molecule has 0 aromatic rings. The second-order valence-corrected chi connectivity index (χ2v) is 7.68. The van der Waals surface area contributed by atoms with E-state index in [1.54, 1.807) is 11.8 Å². The fourth-order valence-corrected chi connectivity index (χ4v) is 3.49. The lowest BCUT2D eigenvalue weighted by Crippen LogP contribution is -2.27. The average Bonchev–Trinajstić information content (AvgIpc) is 2.51. The van der Waals surface area contributed by atoms with E-state index in [-0.39, 0.29) is 22.0 Å². The van der Waals surface area contributed by atoms with Gasteiger partial charge in [0.05, 0.1) is 11.3 Å². The fraction of sp³-hybridized carbons (Fsp3) is 0.846. The molecule has 1 saturated carbocycles. The van der Waals surface area contributed by atoms with Crippen LogP contribution in [0.25, 0.3) is 0 Å². The van der Waals surface area contributed by atoms with E-state index >= 15 is 0 Å². The number of carbonyl (C=O) groups is 1. The van der Waals surface area contributed by atoms with E-state index < -0.39 is 0 Å². The van der Waals surface area contributed by atoms with Crippen LogP contribution in [0.2, 0.25) is 0 Å². The molecule has 0 bridgehead atoms. The van der Waals surface area contributed by atoms with E-state index in [9.17, 15) is 4.79 Å². The van der Waals surface area contributed by atoms with Crippen LogP contribution >= 0.6 is 11.8 Å². The Bertz CT molecular complexity index is 371. The van der Waals surface area contributed by atoms with Crippen molar-refractivity contribution < 1.29 is 4.79 Å². The van der Waals surface area contributed by atoms with E-state index in [2.05, 4.69) is 46.9 Å². The second-order valence-electron chi connectivity index (χ2n) is 6.55. The van der Waals surface area contributed by atoms with E-state index in [4.69, 9.17) is 4.99 Å². The highest BCUT2D eigenvalue weighted by Gasteiger charge is 2.65. The first-order chi connectivity index (χ1) is 7.68. The van der Waals surface area contributed by atoms with Gasteiger partial charge in [0.1, 0.15) is 0 Å². The minimum Gasteiger partial charge on any atom is -0.304 e. The molecule has 1 heterocycles. The maximum Gasteiger partial charge on any atom is 0.239 e. The standard InChI is InChI=1S/C13H22N2OS/c1-7(2)8-9(16)14-11(17-8)15-10-12(3,4)13(10,5)6/h7-8,10H,1-6H3,(H,14,15,16). The average molecular weight is 254 g/mol. The van der Waals surface area contributed by atoms with Crippen LogP contribution in [0.15, 0.2) is 4.99 Å². The molecule has 1 amide bonds. The summed E-state index contributed by atoms with van der Waals surface area (Å²) < 4.78 is 0. The highest BCUT2D eigenvalue weighted by Crippen LogP contribution is 2.64. The van der Waals surface area contributed by atoms with Crippen LogP contribution < -0.4 is 5.32 Å². The Morgan fingerprint density at radius 3 is 2.12 bits per heavy atom. The SMILES string of the molecule is CC(C)C1SC(=NC2C(C)(C)C2(C)C)NC1=O. The largest absolute Gasteiger partial charge is 0.304 e. The molecule has 1 unspecified atom stereocenters. The summed E-state index contributed by atoms with van der Waals surface area (Å²) in [7, 11) is 0. The number of nitrogens with one attached hydrogen (secondary N) is 1. The second kappa shape index (κ2) is 3.74. The number of carbonyl (C=O) groups excluding carboxylic acids is 1. The molecule has 0 radical (unpaired) electrons. The molecule has 1 aliphatic heterocycles. The van der Waals surface area contributed by atoms with E-state index in [0.717, 1.165) is 5.17 Å². The Labute approximate surface area is 108 Å². The van der Waals surface area contributed by atoms with Gasteiger partial charge in [-0.15, -0.1) is 0 Å². The summed E-state index contributed by atoms with van der Waals surface area (Å²) in [6, 6.07) is 0.323. The third-order valence-electron chi connectivity index (χ3n) is 4.52. The molecule has 3 nitrogen and oxygen atoms in total. The summed E-state index contributed by atoms with van der Waals surface area (Å²) >= 11 is 1.59. The lowest BCUT2D eigenvalue weighted by Gasteiger charge is -2.07. The Hall–Kier alpha value is -0.510. The zero-order valence-electron chi connectivity index (χ0n) is 11.5. The number of amides is 1. The lowest BCUT2D eigenvalue weighted by atomic mass is 10.0. The van der Waals surface area contributed by atoms with Gasteiger partial charge in [-0.05, 0) is 16.7 Å². The van der Waals surface area contributed by atoms with Gasteiger partial charge in [0.15, 0.2) is 5.17 Å². The Kier molecular flexibility index (Phi) is 2.85. The summed E-state index contributed by atoms with van der Waals surface area (Å²) in [5.41, 5.74) is 0.475. The van der Waals surface area contributed by atoms with Crippen molar-refractivity contribution in [2.75, 3.05) is 0 Å². The first-order valence-electron chi connectivity index (χ1n) is 6.23. The molecular weight excluding hydrogens is 232 g/mol. The van der Waals surface area contributed by atoms with Gasteiger partial charge >= 0.3 is 0 Å². The Morgan fingerprint density at radius 2 is 1.76 bits per heavy atom. The molecule has 0 aromatic carbocycles. The predicted molar refractivity (Wildman–Crippen MR) is 73.1 cm³/mol. The molecular formula is C13H22N2OS. The number of amidine groups is 1. The van der Waals surface area contributed by atoms with Gasteiger partial charge in [-0.2, -0.15) is 0 Å². The fourth-order valence-electron chi connectivity index (χ4n) is 2.48. The van der Waals surface area contributed by atoms with Crippen molar-refractivity contribution >= 4 is 22.8 Å². The number of nitrogens with zero attached hydrogens (tertiary/aromatic N) is 1. The molecule has 2 fully saturated rings. The number of hydrogen-bond donors (Lipinski definition) is 1. The van der Waals surface area contributed by atoms with Crippen molar-refractivity contribution in [2.24, 2.45) is 21.7 Å². The third kappa shape index (κ3) is 1.90. The van der Waals surface area contributed by atoms with Crippen LogP contribution in [0.1, 0.15) is 41.5 Å². The topological polar surface area (TPSA) is 41.5 Å². The van der Waals surface area contributed by atoms with Crippen molar-refractivity contribution in [2.45, 2.75) is 52.8 Å². The van der Waals surface area contributed by atoms with E-state index in [1.807, 2.05) is 0 Å². The van der Waals surface area contributed by atoms with Crippen LogP contribution in [-0.4, -0.2) is 22.4 Å². The monoisotopic (exact) mass is 254 g/mol. The van der Waals surface area contributed by atoms with Gasteiger partial charge in [-0.25, -0.2) is 0 Å². The normalized spacial score (nSPS) is 33.2. The molecule has 2 rings (SSSR count). The third-order valence-corrected chi connectivity index (χ3v) is 5.97. The molecule has 17 heavy (non-hydrogen) atoms. The number of aliphatic imine (C=N–C) groups is 1.